The average Bonchev–Trinajstić information content (AvgIpc) is 2.17. The topological polar surface area (TPSA) is 3.24 Å². The molecule has 0 saturated carbocycles. The summed E-state index contributed by atoms with van der Waals surface area (Å²) >= 11 is 0. The van der Waals surface area contributed by atoms with Crippen molar-refractivity contribution in [2.24, 2.45) is 0 Å². The van der Waals surface area contributed by atoms with Crippen molar-refractivity contribution in [2.75, 3.05) is 13.1 Å². The molecule has 0 bridgehead atoms. The summed E-state index contributed by atoms with van der Waals surface area (Å²) in [5.74, 6) is 0. The van der Waals surface area contributed by atoms with Crippen LogP contribution in [0.25, 0.3) is 0 Å². The van der Waals surface area contributed by atoms with Crippen LogP contribution in [-0.4, -0.2) is 18.0 Å². The van der Waals surface area contributed by atoms with Gasteiger partial charge in [0.25, 0.3) is 0 Å². The van der Waals surface area contributed by atoms with Crippen molar-refractivity contribution in [2.45, 2.75) is 40.0 Å². The van der Waals surface area contributed by atoms with Gasteiger partial charge in [-0.2, -0.15) is 0 Å². The van der Waals surface area contributed by atoms with Crippen molar-refractivity contribution in [3.8, 4) is 0 Å². The third-order valence-electron chi connectivity index (χ3n) is 2.52. The third kappa shape index (κ3) is 2.91. The molecule has 0 aliphatic carbocycles. The van der Waals surface area contributed by atoms with Crippen molar-refractivity contribution in [3.63, 3.8) is 0 Å². The Bertz CT molecular complexity index is 213. The van der Waals surface area contributed by atoms with Gasteiger partial charge in [0.05, 0.1) is 0 Å². The van der Waals surface area contributed by atoms with Crippen LogP contribution in [0.3, 0.4) is 0 Å². The SMILES string of the molecule is CCCN1C=C(CC)C=C(CC)C1. The predicted octanol–water partition coefficient (Wildman–Crippen LogP) is 3.34. The van der Waals surface area contributed by atoms with Gasteiger partial charge in [0.2, 0.25) is 0 Å². The lowest BCUT2D eigenvalue weighted by Crippen LogP contribution is -2.24. The van der Waals surface area contributed by atoms with E-state index in [2.05, 4.69) is 37.9 Å². The summed E-state index contributed by atoms with van der Waals surface area (Å²) in [4.78, 5) is 2.44. The van der Waals surface area contributed by atoms with Gasteiger partial charge in [-0.05, 0) is 24.8 Å². The molecule has 0 fully saturated rings. The maximum atomic E-state index is 2.44. The van der Waals surface area contributed by atoms with E-state index in [1.807, 2.05) is 0 Å². The maximum Gasteiger partial charge on any atom is 0.0386 e. The lowest BCUT2D eigenvalue weighted by atomic mass is 10.0. The largest absolute Gasteiger partial charge is 0.373 e. The zero-order valence-corrected chi connectivity index (χ0v) is 9.14. The first kappa shape index (κ1) is 10.4. The van der Waals surface area contributed by atoms with Crippen LogP contribution < -0.4 is 0 Å². The van der Waals surface area contributed by atoms with Crippen LogP contribution in [-0.2, 0) is 0 Å². The standard InChI is InChI=1S/C12H21N/c1-4-7-13-9-11(5-2)8-12(6-3)10-13/h8-9H,4-7,10H2,1-3H3. The van der Waals surface area contributed by atoms with Crippen LogP contribution in [0.4, 0.5) is 0 Å². The zero-order valence-electron chi connectivity index (χ0n) is 9.14. The number of nitrogens with zero attached hydrogens (tertiary/aromatic N) is 1. The van der Waals surface area contributed by atoms with E-state index in [0.717, 1.165) is 13.0 Å². The fourth-order valence-corrected chi connectivity index (χ4v) is 1.72. The minimum absolute atomic E-state index is 1.15. The highest BCUT2D eigenvalue weighted by molar-refractivity contribution is 5.27. The van der Waals surface area contributed by atoms with E-state index >= 15 is 0 Å². The quantitative estimate of drug-likeness (QED) is 0.639. The number of rotatable bonds is 4. The summed E-state index contributed by atoms with van der Waals surface area (Å²) in [6, 6.07) is 0. The zero-order chi connectivity index (χ0) is 9.68. The van der Waals surface area contributed by atoms with Gasteiger partial charge in [0, 0.05) is 19.3 Å². The summed E-state index contributed by atoms with van der Waals surface area (Å²) < 4.78 is 0. The molecule has 0 spiro atoms. The van der Waals surface area contributed by atoms with Crippen molar-refractivity contribution in [3.05, 3.63) is 23.4 Å². The number of allylic oxidation sites excluding steroid dienone is 2. The summed E-state index contributed by atoms with van der Waals surface area (Å²) in [5, 5.41) is 0. The third-order valence-corrected chi connectivity index (χ3v) is 2.52. The van der Waals surface area contributed by atoms with E-state index in [0.29, 0.717) is 0 Å². The van der Waals surface area contributed by atoms with E-state index in [-0.39, 0.29) is 0 Å². The van der Waals surface area contributed by atoms with Gasteiger partial charge in [-0.3, -0.25) is 0 Å². The van der Waals surface area contributed by atoms with Gasteiger partial charge >= 0.3 is 0 Å². The molecule has 1 heterocycles. The Labute approximate surface area is 82.1 Å². The molecular formula is C12H21N. The minimum Gasteiger partial charge on any atom is -0.373 e. The minimum atomic E-state index is 1.15. The molecule has 0 aromatic rings. The first-order valence-electron chi connectivity index (χ1n) is 5.44. The van der Waals surface area contributed by atoms with Crippen LogP contribution in [0.1, 0.15) is 40.0 Å². The maximum absolute atomic E-state index is 2.44. The van der Waals surface area contributed by atoms with Gasteiger partial charge in [-0.15, -0.1) is 0 Å². The Hall–Kier alpha value is -0.720. The highest BCUT2D eigenvalue weighted by atomic mass is 15.1. The van der Waals surface area contributed by atoms with Crippen LogP contribution >= 0.6 is 0 Å². The molecule has 0 radical (unpaired) electrons. The average molecular weight is 179 g/mol. The van der Waals surface area contributed by atoms with Crippen LogP contribution in [0.2, 0.25) is 0 Å². The lowest BCUT2D eigenvalue weighted by molar-refractivity contribution is 0.393. The Kier molecular flexibility index (Phi) is 4.07. The normalized spacial score (nSPS) is 17.0. The molecule has 1 nitrogen and oxygen atoms in total. The molecule has 0 amide bonds. The van der Waals surface area contributed by atoms with Crippen molar-refractivity contribution < 1.29 is 0 Å². The van der Waals surface area contributed by atoms with E-state index in [4.69, 9.17) is 0 Å². The molecule has 0 N–H and O–H groups in total. The van der Waals surface area contributed by atoms with Gasteiger partial charge in [0.1, 0.15) is 0 Å². The second kappa shape index (κ2) is 5.11. The molecule has 0 aromatic heterocycles. The molecular weight excluding hydrogens is 158 g/mol. The van der Waals surface area contributed by atoms with Crippen molar-refractivity contribution >= 4 is 0 Å². The first-order valence-corrected chi connectivity index (χ1v) is 5.44. The molecule has 1 rings (SSSR count). The molecule has 1 aliphatic rings. The van der Waals surface area contributed by atoms with Crippen molar-refractivity contribution in [1.29, 1.82) is 0 Å². The monoisotopic (exact) mass is 179 g/mol. The van der Waals surface area contributed by atoms with Crippen LogP contribution in [0.5, 0.6) is 0 Å². The molecule has 0 aromatic carbocycles. The molecule has 0 saturated heterocycles. The van der Waals surface area contributed by atoms with Gasteiger partial charge in [0.15, 0.2) is 0 Å². The predicted molar refractivity (Wildman–Crippen MR) is 58.6 cm³/mol. The second-order valence-corrected chi connectivity index (χ2v) is 3.68. The van der Waals surface area contributed by atoms with Gasteiger partial charge < -0.3 is 4.90 Å². The van der Waals surface area contributed by atoms with Crippen LogP contribution in [0, 0.1) is 0 Å². The van der Waals surface area contributed by atoms with E-state index in [1.165, 1.54) is 25.0 Å². The highest BCUT2D eigenvalue weighted by Gasteiger charge is 2.08. The highest BCUT2D eigenvalue weighted by Crippen LogP contribution is 2.18. The second-order valence-electron chi connectivity index (χ2n) is 3.68. The first-order chi connectivity index (χ1) is 6.30. The molecule has 0 atom stereocenters. The number of hydrogen-bond acceptors (Lipinski definition) is 1. The summed E-state index contributed by atoms with van der Waals surface area (Å²) in [6.07, 6.45) is 8.28. The van der Waals surface area contributed by atoms with E-state index in [9.17, 15) is 0 Å². The number of hydrogen-bond donors (Lipinski definition) is 0. The summed E-state index contributed by atoms with van der Waals surface area (Å²) in [7, 11) is 0. The van der Waals surface area contributed by atoms with Crippen molar-refractivity contribution in [1.82, 2.24) is 4.90 Å². The Morgan fingerprint density at radius 3 is 2.54 bits per heavy atom. The van der Waals surface area contributed by atoms with Gasteiger partial charge in [-0.1, -0.05) is 32.4 Å². The van der Waals surface area contributed by atoms with E-state index < -0.39 is 0 Å². The molecule has 0 unspecified atom stereocenters. The van der Waals surface area contributed by atoms with Crippen LogP contribution in [0.15, 0.2) is 23.4 Å². The summed E-state index contributed by atoms with van der Waals surface area (Å²) in [6.45, 7) is 9.05. The Balaban J connectivity index is 2.64. The molecule has 1 heteroatoms. The van der Waals surface area contributed by atoms with E-state index in [1.54, 1.807) is 5.57 Å². The molecule has 1 aliphatic heterocycles. The Morgan fingerprint density at radius 1 is 1.23 bits per heavy atom. The fraction of sp³-hybridized carbons (Fsp3) is 0.667. The Morgan fingerprint density at radius 2 is 2.00 bits per heavy atom. The smallest absolute Gasteiger partial charge is 0.0386 e. The summed E-state index contributed by atoms with van der Waals surface area (Å²) in [5.41, 5.74) is 3.06. The molecule has 13 heavy (non-hydrogen) atoms. The fourth-order valence-electron chi connectivity index (χ4n) is 1.72. The lowest BCUT2D eigenvalue weighted by Gasteiger charge is -2.26. The molecule has 74 valence electrons. The van der Waals surface area contributed by atoms with Gasteiger partial charge in [-0.25, -0.2) is 0 Å².